The van der Waals surface area contributed by atoms with Crippen molar-refractivity contribution >= 4 is 17.2 Å². The molecule has 10 heteroatoms. The lowest BCUT2D eigenvalue weighted by Crippen LogP contribution is -2.16. The number of aromatic nitrogens is 4. The lowest BCUT2D eigenvalue weighted by Gasteiger charge is -2.12. The van der Waals surface area contributed by atoms with E-state index in [1.165, 1.54) is 48.8 Å². The van der Waals surface area contributed by atoms with Gasteiger partial charge in [-0.25, -0.2) is 13.9 Å². The number of imidazole rings is 1. The van der Waals surface area contributed by atoms with Crippen LogP contribution < -0.4 is 5.32 Å². The molecule has 0 atom stereocenters. The number of alkyl halides is 3. The van der Waals surface area contributed by atoms with Gasteiger partial charge in [-0.1, -0.05) is 18.2 Å². The summed E-state index contributed by atoms with van der Waals surface area (Å²) in [4.78, 5) is 20.1. The van der Waals surface area contributed by atoms with Gasteiger partial charge in [-0.05, 0) is 24.3 Å². The monoisotopic (exact) mass is 401 g/mol. The number of nitrogens with one attached hydrogen (secondary N) is 1. The molecule has 1 N–H and O–H groups in total. The number of benzene rings is 1. The fourth-order valence-electron chi connectivity index (χ4n) is 2.79. The number of carbonyl (C=O) groups excluding carboxylic acids is 1. The zero-order valence-corrected chi connectivity index (χ0v) is 14.5. The van der Waals surface area contributed by atoms with Crippen molar-refractivity contribution in [2.24, 2.45) is 0 Å². The average Bonchev–Trinajstić information content (AvgIpc) is 3.12. The van der Waals surface area contributed by atoms with Gasteiger partial charge in [0.2, 0.25) is 0 Å². The molecule has 0 aliphatic heterocycles. The maximum atomic E-state index is 13.7. The zero-order valence-electron chi connectivity index (χ0n) is 14.5. The molecule has 0 unspecified atom stereocenters. The molecule has 146 valence electrons. The van der Waals surface area contributed by atoms with E-state index in [0.717, 1.165) is 16.8 Å². The molecule has 0 saturated carbocycles. The van der Waals surface area contributed by atoms with Gasteiger partial charge in [0.1, 0.15) is 0 Å². The largest absolute Gasteiger partial charge is 0.417 e. The summed E-state index contributed by atoms with van der Waals surface area (Å²) in [5.41, 5.74) is -0.897. The van der Waals surface area contributed by atoms with Crippen molar-refractivity contribution in [1.82, 2.24) is 19.6 Å². The van der Waals surface area contributed by atoms with E-state index in [9.17, 15) is 22.4 Å². The minimum absolute atomic E-state index is 0.00701. The molecular formula is C19H11F4N5O. The van der Waals surface area contributed by atoms with Gasteiger partial charge >= 0.3 is 6.18 Å². The third kappa shape index (κ3) is 3.51. The van der Waals surface area contributed by atoms with Gasteiger partial charge in [0.15, 0.2) is 17.2 Å². The first-order valence-electron chi connectivity index (χ1n) is 8.27. The zero-order chi connectivity index (χ0) is 20.6. The molecule has 0 spiro atoms. The Morgan fingerprint density at radius 1 is 1.03 bits per heavy atom. The smallest absolute Gasteiger partial charge is 0.318 e. The van der Waals surface area contributed by atoms with Crippen LogP contribution in [-0.2, 0) is 6.18 Å². The molecule has 4 aromatic rings. The topological polar surface area (TPSA) is 72.2 Å². The van der Waals surface area contributed by atoms with Gasteiger partial charge in [0, 0.05) is 11.8 Å². The molecular weight excluding hydrogens is 390 g/mol. The fraction of sp³-hybridized carbons (Fsp3) is 0.0526. The standard InChI is InChI=1S/C19H11F4N5O/c20-13-9-24-8-7-15(13)26-18(29)16-10-25-17-6-5-14(27-28(16)17)11-3-1-2-4-12(11)19(21,22)23/h1-10H,(H,24,26,29). The molecule has 0 aliphatic rings. The maximum Gasteiger partial charge on any atom is 0.417 e. The van der Waals surface area contributed by atoms with E-state index < -0.39 is 23.5 Å². The van der Waals surface area contributed by atoms with E-state index in [1.54, 1.807) is 0 Å². The Balaban J connectivity index is 1.77. The Kier molecular flexibility index (Phi) is 4.45. The van der Waals surface area contributed by atoms with E-state index in [2.05, 4.69) is 20.4 Å². The van der Waals surface area contributed by atoms with Crippen molar-refractivity contribution in [1.29, 1.82) is 0 Å². The number of fused-ring (bicyclic) bond motifs is 1. The number of hydrogen-bond donors (Lipinski definition) is 1. The van der Waals surface area contributed by atoms with E-state index >= 15 is 0 Å². The highest BCUT2D eigenvalue weighted by atomic mass is 19.4. The summed E-state index contributed by atoms with van der Waals surface area (Å²) in [5.74, 6) is -1.46. The van der Waals surface area contributed by atoms with Crippen LogP contribution in [0.1, 0.15) is 16.1 Å². The lowest BCUT2D eigenvalue weighted by atomic mass is 10.0. The molecule has 0 saturated heterocycles. The van der Waals surface area contributed by atoms with Crippen LogP contribution >= 0.6 is 0 Å². The summed E-state index contributed by atoms with van der Waals surface area (Å²) < 4.78 is 54.8. The first kappa shape index (κ1) is 18.5. The van der Waals surface area contributed by atoms with E-state index in [4.69, 9.17) is 0 Å². The highest BCUT2D eigenvalue weighted by Crippen LogP contribution is 2.36. The number of anilines is 1. The highest BCUT2D eigenvalue weighted by Gasteiger charge is 2.33. The molecule has 1 aromatic carbocycles. The van der Waals surface area contributed by atoms with Crippen molar-refractivity contribution < 1.29 is 22.4 Å². The van der Waals surface area contributed by atoms with Crippen molar-refractivity contribution in [3.05, 3.63) is 78.1 Å². The summed E-state index contributed by atoms with van der Waals surface area (Å²) in [7, 11) is 0. The van der Waals surface area contributed by atoms with Crippen molar-refractivity contribution in [2.45, 2.75) is 6.18 Å². The van der Waals surface area contributed by atoms with E-state index in [-0.39, 0.29) is 28.3 Å². The second kappa shape index (κ2) is 6.97. The predicted molar refractivity (Wildman–Crippen MR) is 95.6 cm³/mol. The summed E-state index contributed by atoms with van der Waals surface area (Å²) in [6.07, 6.45) is -1.12. The Morgan fingerprint density at radius 2 is 1.83 bits per heavy atom. The Bertz CT molecular complexity index is 1220. The minimum atomic E-state index is -4.57. The Morgan fingerprint density at radius 3 is 2.59 bits per heavy atom. The molecule has 1 amide bonds. The van der Waals surface area contributed by atoms with Crippen LogP contribution in [0, 0.1) is 5.82 Å². The molecule has 0 fully saturated rings. The van der Waals surface area contributed by atoms with Crippen LogP contribution in [0.25, 0.3) is 16.9 Å². The van der Waals surface area contributed by atoms with Crippen molar-refractivity contribution in [3.8, 4) is 11.3 Å². The van der Waals surface area contributed by atoms with Crippen molar-refractivity contribution in [3.63, 3.8) is 0 Å². The van der Waals surface area contributed by atoms with Gasteiger partial charge in [-0.2, -0.15) is 18.3 Å². The van der Waals surface area contributed by atoms with Crippen molar-refractivity contribution in [2.75, 3.05) is 5.32 Å². The third-order valence-electron chi connectivity index (χ3n) is 4.12. The number of halogens is 4. The van der Waals surface area contributed by atoms with Crippen LogP contribution in [-0.4, -0.2) is 25.5 Å². The number of nitrogens with zero attached hydrogens (tertiary/aromatic N) is 4. The maximum absolute atomic E-state index is 13.7. The summed E-state index contributed by atoms with van der Waals surface area (Å²) in [6, 6.07) is 9.09. The average molecular weight is 401 g/mol. The molecule has 3 aromatic heterocycles. The molecule has 3 heterocycles. The number of rotatable bonds is 3. The van der Waals surface area contributed by atoms with E-state index in [0.29, 0.717) is 0 Å². The van der Waals surface area contributed by atoms with Gasteiger partial charge in [-0.3, -0.25) is 9.78 Å². The summed E-state index contributed by atoms with van der Waals surface area (Å²) in [5, 5.41) is 6.52. The number of amides is 1. The van der Waals surface area contributed by atoms with Crippen LogP contribution in [0.5, 0.6) is 0 Å². The van der Waals surface area contributed by atoms with Crippen LogP contribution in [0.4, 0.5) is 23.2 Å². The summed E-state index contributed by atoms with van der Waals surface area (Å²) in [6.45, 7) is 0. The van der Waals surface area contributed by atoms with Crippen LogP contribution in [0.2, 0.25) is 0 Å². The van der Waals surface area contributed by atoms with Gasteiger partial charge in [0.05, 0.1) is 29.3 Å². The molecule has 4 rings (SSSR count). The summed E-state index contributed by atoms with van der Waals surface area (Å²) >= 11 is 0. The Labute approximate surface area is 160 Å². The van der Waals surface area contributed by atoms with Crippen LogP contribution in [0.3, 0.4) is 0 Å². The van der Waals surface area contributed by atoms with Gasteiger partial charge < -0.3 is 5.32 Å². The predicted octanol–water partition coefficient (Wildman–Crippen LogP) is 4.20. The number of pyridine rings is 1. The van der Waals surface area contributed by atoms with Gasteiger partial charge in [0.25, 0.3) is 5.91 Å². The molecule has 0 radical (unpaired) electrons. The third-order valence-corrected chi connectivity index (χ3v) is 4.12. The number of carbonyl (C=O) groups is 1. The molecule has 0 aliphatic carbocycles. The SMILES string of the molecule is O=C(Nc1ccncc1F)c1cnc2ccc(-c3ccccc3C(F)(F)F)nn12. The molecule has 0 bridgehead atoms. The first-order chi connectivity index (χ1) is 13.8. The molecule has 6 nitrogen and oxygen atoms in total. The van der Waals surface area contributed by atoms with Crippen LogP contribution in [0.15, 0.2) is 61.1 Å². The highest BCUT2D eigenvalue weighted by molar-refractivity contribution is 6.03. The fourth-order valence-corrected chi connectivity index (χ4v) is 2.79. The van der Waals surface area contributed by atoms with Gasteiger partial charge in [-0.15, -0.1) is 0 Å². The second-order valence-corrected chi connectivity index (χ2v) is 5.99. The minimum Gasteiger partial charge on any atom is -0.318 e. The Hall–Kier alpha value is -3.82. The number of hydrogen-bond acceptors (Lipinski definition) is 4. The first-order valence-corrected chi connectivity index (χ1v) is 8.27. The quantitative estimate of drug-likeness (QED) is 0.523. The normalized spacial score (nSPS) is 11.6. The molecule has 29 heavy (non-hydrogen) atoms. The second-order valence-electron chi connectivity index (χ2n) is 5.99. The van der Waals surface area contributed by atoms with E-state index in [1.807, 2.05) is 0 Å². The lowest BCUT2D eigenvalue weighted by molar-refractivity contribution is -0.137.